The molecule has 2 saturated heterocycles. The van der Waals surface area contributed by atoms with Gasteiger partial charge in [-0.1, -0.05) is 6.92 Å². The largest absolute Gasteiger partial charge is 0.396 e. The molecule has 0 spiro atoms. The molecule has 0 aromatic heterocycles. The standard InChI is InChI=1S/C20H30N2O2/c1-2-20(16-23)10-14-22(15-11-20)19(24)17-6-8-18(9-7-17)21-12-4-3-5-13-21/h6-9,23H,2-5,10-16H2,1H3. The van der Waals surface area contributed by atoms with Gasteiger partial charge in [0.2, 0.25) is 0 Å². The summed E-state index contributed by atoms with van der Waals surface area (Å²) in [5.74, 6) is 0.128. The van der Waals surface area contributed by atoms with Crippen molar-refractivity contribution in [1.82, 2.24) is 4.90 Å². The van der Waals surface area contributed by atoms with E-state index in [1.54, 1.807) is 0 Å². The van der Waals surface area contributed by atoms with Gasteiger partial charge in [-0.15, -0.1) is 0 Å². The normalized spacial score (nSPS) is 20.9. The van der Waals surface area contributed by atoms with Crippen molar-refractivity contribution < 1.29 is 9.90 Å². The Morgan fingerprint density at radius 3 is 2.21 bits per heavy atom. The van der Waals surface area contributed by atoms with E-state index in [1.807, 2.05) is 17.0 Å². The van der Waals surface area contributed by atoms with Crippen LogP contribution < -0.4 is 4.90 Å². The van der Waals surface area contributed by atoms with Gasteiger partial charge >= 0.3 is 0 Å². The first-order valence-electron chi connectivity index (χ1n) is 9.43. The Morgan fingerprint density at radius 2 is 1.67 bits per heavy atom. The molecule has 24 heavy (non-hydrogen) atoms. The highest BCUT2D eigenvalue weighted by Crippen LogP contribution is 2.34. The number of benzene rings is 1. The Hall–Kier alpha value is -1.55. The van der Waals surface area contributed by atoms with Crippen LogP contribution in [0.5, 0.6) is 0 Å². The summed E-state index contributed by atoms with van der Waals surface area (Å²) in [5, 5.41) is 9.63. The van der Waals surface area contributed by atoms with Gasteiger partial charge in [0.05, 0.1) is 0 Å². The summed E-state index contributed by atoms with van der Waals surface area (Å²) in [6, 6.07) is 8.12. The lowest BCUT2D eigenvalue weighted by molar-refractivity contribution is 0.0338. The van der Waals surface area contributed by atoms with Crippen molar-refractivity contribution in [2.75, 3.05) is 37.7 Å². The van der Waals surface area contributed by atoms with Crippen LogP contribution in [0.2, 0.25) is 0 Å². The number of piperidine rings is 2. The second-order valence-corrected chi connectivity index (χ2v) is 7.40. The highest BCUT2D eigenvalue weighted by molar-refractivity contribution is 5.94. The minimum absolute atomic E-state index is 0.0227. The van der Waals surface area contributed by atoms with Gasteiger partial charge < -0.3 is 14.9 Å². The van der Waals surface area contributed by atoms with Gasteiger partial charge in [0, 0.05) is 44.0 Å². The molecule has 1 aromatic rings. The number of amides is 1. The van der Waals surface area contributed by atoms with Gasteiger partial charge in [0.25, 0.3) is 5.91 Å². The lowest BCUT2D eigenvalue weighted by atomic mass is 9.77. The first-order valence-corrected chi connectivity index (χ1v) is 9.43. The first-order chi connectivity index (χ1) is 11.7. The van der Waals surface area contributed by atoms with E-state index >= 15 is 0 Å². The third-order valence-electron chi connectivity index (χ3n) is 6.03. The maximum Gasteiger partial charge on any atom is 0.253 e. The summed E-state index contributed by atoms with van der Waals surface area (Å²) in [4.78, 5) is 17.1. The molecule has 0 saturated carbocycles. The lowest BCUT2D eigenvalue weighted by Gasteiger charge is -2.40. The second-order valence-electron chi connectivity index (χ2n) is 7.40. The molecule has 0 radical (unpaired) electrons. The smallest absolute Gasteiger partial charge is 0.253 e. The number of hydrogen-bond acceptors (Lipinski definition) is 3. The van der Waals surface area contributed by atoms with E-state index in [1.165, 1.54) is 24.9 Å². The molecule has 2 fully saturated rings. The molecule has 2 aliphatic rings. The Bertz CT molecular complexity index is 535. The first kappa shape index (κ1) is 17.3. The molecule has 0 unspecified atom stereocenters. The van der Waals surface area contributed by atoms with Crippen LogP contribution >= 0.6 is 0 Å². The van der Waals surface area contributed by atoms with E-state index in [0.29, 0.717) is 0 Å². The summed E-state index contributed by atoms with van der Waals surface area (Å²) in [5.41, 5.74) is 2.04. The molecular weight excluding hydrogens is 300 g/mol. The number of carbonyl (C=O) groups is 1. The van der Waals surface area contributed by atoms with E-state index in [0.717, 1.165) is 51.0 Å². The minimum atomic E-state index is 0.0227. The molecule has 0 aliphatic carbocycles. The third kappa shape index (κ3) is 3.59. The molecule has 3 rings (SSSR count). The van der Waals surface area contributed by atoms with Gasteiger partial charge in [-0.25, -0.2) is 0 Å². The van der Waals surface area contributed by atoms with Crippen LogP contribution in [0.15, 0.2) is 24.3 Å². The number of nitrogens with zero attached hydrogens (tertiary/aromatic N) is 2. The van der Waals surface area contributed by atoms with Crippen molar-refractivity contribution in [3.8, 4) is 0 Å². The number of aliphatic hydroxyl groups is 1. The van der Waals surface area contributed by atoms with Gasteiger partial charge in [0.15, 0.2) is 0 Å². The average molecular weight is 330 g/mol. The summed E-state index contributed by atoms with van der Waals surface area (Å²) in [6.07, 6.45) is 6.64. The molecule has 0 atom stereocenters. The second kappa shape index (κ2) is 7.56. The van der Waals surface area contributed by atoms with Gasteiger partial charge in [0.1, 0.15) is 0 Å². The molecule has 0 bridgehead atoms. The molecule has 2 aliphatic heterocycles. The Morgan fingerprint density at radius 1 is 1.04 bits per heavy atom. The monoisotopic (exact) mass is 330 g/mol. The van der Waals surface area contributed by atoms with Crippen molar-refractivity contribution in [3.63, 3.8) is 0 Å². The third-order valence-corrected chi connectivity index (χ3v) is 6.03. The van der Waals surface area contributed by atoms with Gasteiger partial charge in [-0.2, -0.15) is 0 Å². The number of carbonyl (C=O) groups excluding carboxylic acids is 1. The topological polar surface area (TPSA) is 43.8 Å². The SMILES string of the molecule is CCC1(CO)CCN(C(=O)c2ccc(N3CCCCC3)cc2)CC1. The highest BCUT2D eigenvalue weighted by atomic mass is 16.3. The fourth-order valence-electron chi connectivity index (χ4n) is 3.96. The maximum absolute atomic E-state index is 12.7. The van der Waals surface area contributed by atoms with E-state index in [-0.39, 0.29) is 17.9 Å². The van der Waals surface area contributed by atoms with E-state index < -0.39 is 0 Å². The zero-order chi connectivity index (χ0) is 17.0. The molecule has 1 N–H and O–H groups in total. The predicted octanol–water partition coefficient (Wildman–Crippen LogP) is 3.30. The molecule has 4 heteroatoms. The summed E-state index contributed by atoms with van der Waals surface area (Å²) in [7, 11) is 0. The zero-order valence-corrected chi connectivity index (χ0v) is 14.8. The van der Waals surface area contributed by atoms with E-state index in [4.69, 9.17) is 0 Å². The van der Waals surface area contributed by atoms with Gasteiger partial charge in [-0.3, -0.25) is 4.79 Å². The number of anilines is 1. The predicted molar refractivity (Wildman–Crippen MR) is 97.5 cm³/mol. The van der Waals surface area contributed by atoms with Crippen molar-refractivity contribution in [3.05, 3.63) is 29.8 Å². The Kier molecular flexibility index (Phi) is 5.44. The number of rotatable bonds is 4. The fraction of sp³-hybridized carbons (Fsp3) is 0.650. The van der Waals surface area contributed by atoms with Crippen molar-refractivity contribution in [2.24, 2.45) is 5.41 Å². The zero-order valence-electron chi connectivity index (χ0n) is 14.8. The van der Waals surface area contributed by atoms with Crippen LogP contribution in [0.25, 0.3) is 0 Å². The van der Waals surface area contributed by atoms with Crippen LogP contribution in [-0.4, -0.2) is 48.7 Å². The Balaban J connectivity index is 1.61. The molecular formula is C20H30N2O2. The molecule has 1 aromatic carbocycles. The maximum atomic E-state index is 12.7. The Labute approximate surface area is 145 Å². The van der Waals surface area contributed by atoms with Gasteiger partial charge in [-0.05, 0) is 68.2 Å². The van der Waals surface area contributed by atoms with Crippen molar-refractivity contribution in [2.45, 2.75) is 45.4 Å². The van der Waals surface area contributed by atoms with Crippen LogP contribution in [0.4, 0.5) is 5.69 Å². The fourth-order valence-corrected chi connectivity index (χ4v) is 3.96. The van der Waals surface area contributed by atoms with Crippen LogP contribution in [0.3, 0.4) is 0 Å². The molecule has 132 valence electrons. The highest BCUT2D eigenvalue weighted by Gasteiger charge is 2.34. The summed E-state index contributed by atoms with van der Waals surface area (Å²) >= 11 is 0. The van der Waals surface area contributed by atoms with E-state index in [2.05, 4.69) is 24.0 Å². The van der Waals surface area contributed by atoms with Crippen molar-refractivity contribution >= 4 is 11.6 Å². The summed E-state index contributed by atoms with van der Waals surface area (Å²) < 4.78 is 0. The van der Waals surface area contributed by atoms with Crippen LogP contribution in [0.1, 0.15) is 55.8 Å². The van der Waals surface area contributed by atoms with Crippen molar-refractivity contribution in [1.29, 1.82) is 0 Å². The van der Waals surface area contributed by atoms with E-state index in [9.17, 15) is 9.90 Å². The average Bonchev–Trinajstić information content (AvgIpc) is 2.68. The molecule has 2 heterocycles. The number of aliphatic hydroxyl groups excluding tert-OH is 1. The number of hydrogen-bond donors (Lipinski definition) is 1. The lowest BCUT2D eigenvalue weighted by Crippen LogP contribution is -2.44. The summed E-state index contributed by atoms with van der Waals surface area (Å²) in [6.45, 7) is 6.12. The molecule has 4 nitrogen and oxygen atoms in total. The van der Waals surface area contributed by atoms with Crippen LogP contribution in [-0.2, 0) is 0 Å². The minimum Gasteiger partial charge on any atom is -0.396 e. The van der Waals surface area contributed by atoms with Crippen LogP contribution in [0, 0.1) is 5.41 Å². The number of likely N-dealkylation sites (tertiary alicyclic amines) is 1. The molecule has 1 amide bonds. The quantitative estimate of drug-likeness (QED) is 0.921.